The maximum Gasteiger partial charge on any atom is 0.0451 e. The van der Waals surface area contributed by atoms with E-state index in [1.54, 1.807) is 0 Å². The smallest absolute Gasteiger partial charge is 0.0451 e. The molecule has 1 N–H and O–H groups in total. The fourth-order valence-electron chi connectivity index (χ4n) is 2.75. The fraction of sp³-hybridized carbons (Fsp3) is 0.625. The van der Waals surface area contributed by atoms with Crippen LogP contribution in [0.3, 0.4) is 0 Å². The molecule has 0 radical (unpaired) electrons. The molecule has 0 spiro atoms. The largest absolute Gasteiger partial charge is 0.313 e. The van der Waals surface area contributed by atoms with Gasteiger partial charge in [-0.2, -0.15) is 0 Å². The second-order valence-corrected chi connectivity index (χ2v) is 6.94. The van der Waals surface area contributed by atoms with Gasteiger partial charge in [-0.05, 0) is 56.1 Å². The van der Waals surface area contributed by atoms with E-state index in [0.29, 0.717) is 6.04 Å². The first-order chi connectivity index (χ1) is 9.69. The predicted octanol–water partition coefficient (Wildman–Crippen LogP) is 4.46. The topological polar surface area (TPSA) is 15.3 Å². The van der Waals surface area contributed by atoms with Crippen molar-refractivity contribution in [3.8, 4) is 0 Å². The van der Waals surface area contributed by atoms with E-state index < -0.39 is 0 Å². The Kier molecular flexibility index (Phi) is 6.82. The molecule has 2 nitrogen and oxygen atoms in total. The molecule has 1 aromatic carbocycles. The molecule has 1 aliphatic rings. The van der Waals surface area contributed by atoms with Crippen molar-refractivity contribution in [1.29, 1.82) is 0 Å². The van der Waals surface area contributed by atoms with E-state index in [2.05, 4.69) is 39.1 Å². The Morgan fingerprint density at radius 3 is 3.00 bits per heavy atom. The summed E-state index contributed by atoms with van der Waals surface area (Å²) in [6.07, 6.45) is 5.10. The number of nitrogens with one attached hydrogen (secondary N) is 1. The summed E-state index contributed by atoms with van der Waals surface area (Å²) >= 11 is 9.87. The fourth-order valence-corrected chi connectivity index (χ4v) is 3.33. The number of nitrogens with zero attached hydrogens (tertiary/aromatic N) is 1. The van der Waals surface area contributed by atoms with Crippen LogP contribution < -0.4 is 5.32 Å². The van der Waals surface area contributed by atoms with Crippen molar-refractivity contribution in [2.24, 2.45) is 0 Å². The Labute approximate surface area is 136 Å². The molecule has 1 fully saturated rings. The van der Waals surface area contributed by atoms with Crippen LogP contribution in [-0.4, -0.2) is 30.6 Å². The Morgan fingerprint density at radius 1 is 1.45 bits per heavy atom. The molecule has 112 valence electrons. The van der Waals surface area contributed by atoms with Gasteiger partial charge in [-0.1, -0.05) is 40.9 Å². The highest BCUT2D eigenvalue weighted by Crippen LogP contribution is 2.23. The molecular weight excluding hydrogens is 336 g/mol. The number of hydrogen-bond donors (Lipinski definition) is 1. The molecule has 2 rings (SSSR count). The Hall–Kier alpha value is -0.0900. The first-order valence-corrected chi connectivity index (χ1v) is 8.76. The summed E-state index contributed by atoms with van der Waals surface area (Å²) in [6.45, 7) is 6.64. The van der Waals surface area contributed by atoms with Crippen molar-refractivity contribution in [3.05, 3.63) is 33.3 Å². The van der Waals surface area contributed by atoms with E-state index in [0.717, 1.165) is 29.1 Å². The molecule has 1 aliphatic heterocycles. The monoisotopic (exact) mass is 358 g/mol. The number of rotatable bonds is 7. The number of halogens is 2. The molecule has 0 amide bonds. The van der Waals surface area contributed by atoms with Crippen LogP contribution in [0.15, 0.2) is 22.7 Å². The molecule has 1 heterocycles. The second-order valence-electron chi connectivity index (χ2n) is 5.62. The van der Waals surface area contributed by atoms with Gasteiger partial charge in [0.2, 0.25) is 0 Å². The minimum Gasteiger partial charge on any atom is -0.313 e. The van der Waals surface area contributed by atoms with Crippen molar-refractivity contribution in [2.75, 3.05) is 19.6 Å². The van der Waals surface area contributed by atoms with Gasteiger partial charge in [0, 0.05) is 28.6 Å². The maximum absolute atomic E-state index is 6.33. The summed E-state index contributed by atoms with van der Waals surface area (Å²) in [5.41, 5.74) is 1.22. The lowest BCUT2D eigenvalue weighted by molar-refractivity contribution is 0.237. The Morgan fingerprint density at radius 2 is 2.30 bits per heavy atom. The van der Waals surface area contributed by atoms with Crippen molar-refractivity contribution < 1.29 is 0 Å². The third-order valence-electron chi connectivity index (χ3n) is 3.87. The lowest BCUT2D eigenvalue weighted by atomic mass is 10.1. The maximum atomic E-state index is 6.33. The van der Waals surface area contributed by atoms with E-state index in [1.807, 2.05) is 12.1 Å². The van der Waals surface area contributed by atoms with Gasteiger partial charge in [0.05, 0.1) is 0 Å². The van der Waals surface area contributed by atoms with Gasteiger partial charge >= 0.3 is 0 Å². The molecule has 1 unspecified atom stereocenters. The van der Waals surface area contributed by atoms with Gasteiger partial charge in [0.25, 0.3) is 0 Å². The summed E-state index contributed by atoms with van der Waals surface area (Å²) in [6, 6.07) is 6.77. The Bertz CT molecular complexity index is 419. The summed E-state index contributed by atoms with van der Waals surface area (Å²) < 4.78 is 1.10. The third-order valence-corrected chi connectivity index (χ3v) is 4.73. The number of unbranched alkanes of at least 4 members (excludes halogenated alkanes) is 1. The van der Waals surface area contributed by atoms with Crippen molar-refractivity contribution >= 4 is 27.5 Å². The minimum atomic E-state index is 0.651. The standard InChI is InChI=1S/C16H24BrClN2/c1-2-3-9-20(12-15-5-4-8-19-15)11-13-10-14(17)6-7-16(13)18/h6-7,10,15,19H,2-5,8-9,11-12H2,1H3. The normalized spacial score (nSPS) is 18.9. The van der Waals surface area contributed by atoms with Crippen molar-refractivity contribution in [1.82, 2.24) is 10.2 Å². The molecule has 1 aromatic rings. The Balaban J connectivity index is 1.99. The van der Waals surface area contributed by atoms with E-state index >= 15 is 0 Å². The molecule has 20 heavy (non-hydrogen) atoms. The lowest BCUT2D eigenvalue weighted by Crippen LogP contribution is -2.37. The number of benzene rings is 1. The van der Waals surface area contributed by atoms with Gasteiger partial charge in [-0.15, -0.1) is 0 Å². The molecule has 0 bridgehead atoms. The molecule has 4 heteroatoms. The van der Waals surface area contributed by atoms with E-state index in [9.17, 15) is 0 Å². The molecular formula is C16H24BrClN2. The van der Waals surface area contributed by atoms with Gasteiger partial charge in [-0.3, -0.25) is 4.90 Å². The van der Waals surface area contributed by atoms with E-state index in [4.69, 9.17) is 11.6 Å². The zero-order chi connectivity index (χ0) is 14.4. The van der Waals surface area contributed by atoms with E-state index in [1.165, 1.54) is 37.8 Å². The zero-order valence-corrected chi connectivity index (χ0v) is 14.5. The van der Waals surface area contributed by atoms with Gasteiger partial charge < -0.3 is 5.32 Å². The molecule has 0 saturated carbocycles. The van der Waals surface area contributed by atoms with Gasteiger partial charge in [0.15, 0.2) is 0 Å². The highest BCUT2D eigenvalue weighted by Gasteiger charge is 2.18. The summed E-state index contributed by atoms with van der Waals surface area (Å²) in [5, 5.41) is 4.46. The van der Waals surface area contributed by atoms with Crippen LogP contribution >= 0.6 is 27.5 Å². The van der Waals surface area contributed by atoms with Crippen molar-refractivity contribution in [2.45, 2.75) is 45.2 Å². The average Bonchev–Trinajstić information content (AvgIpc) is 2.93. The lowest BCUT2D eigenvalue weighted by Gasteiger charge is -2.26. The first-order valence-electron chi connectivity index (χ1n) is 7.58. The summed E-state index contributed by atoms with van der Waals surface area (Å²) in [7, 11) is 0. The van der Waals surface area contributed by atoms with Crippen LogP contribution in [-0.2, 0) is 6.54 Å². The second kappa shape index (κ2) is 8.38. The average molecular weight is 360 g/mol. The predicted molar refractivity (Wildman–Crippen MR) is 90.4 cm³/mol. The third kappa shape index (κ3) is 5.03. The van der Waals surface area contributed by atoms with Crippen LogP contribution in [0.25, 0.3) is 0 Å². The SMILES string of the molecule is CCCCN(Cc1cc(Br)ccc1Cl)CC1CCCN1. The molecule has 0 aliphatic carbocycles. The first kappa shape index (κ1) is 16.3. The van der Waals surface area contributed by atoms with E-state index in [-0.39, 0.29) is 0 Å². The molecule has 0 aromatic heterocycles. The van der Waals surface area contributed by atoms with Crippen LogP contribution in [0.1, 0.15) is 38.2 Å². The van der Waals surface area contributed by atoms with Crippen molar-refractivity contribution in [3.63, 3.8) is 0 Å². The van der Waals surface area contributed by atoms with Crippen LogP contribution in [0.4, 0.5) is 0 Å². The number of hydrogen-bond acceptors (Lipinski definition) is 2. The molecule has 1 atom stereocenters. The minimum absolute atomic E-state index is 0.651. The highest BCUT2D eigenvalue weighted by molar-refractivity contribution is 9.10. The highest BCUT2D eigenvalue weighted by atomic mass is 79.9. The van der Waals surface area contributed by atoms with Gasteiger partial charge in [0.1, 0.15) is 0 Å². The van der Waals surface area contributed by atoms with Crippen LogP contribution in [0.5, 0.6) is 0 Å². The summed E-state index contributed by atoms with van der Waals surface area (Å²) in [5.74, 6) is 0. The molecule has 1 saturated heterocycles. The quantitative estimate of drug-likeness (QED) is 0.773. The van der Waals surface area contributed by atoms with Gasteiger partial charge in [-0.25, -0.2) is 0 Å². The van der Waals surface area contributed by atoms with Crippen LogP contribution in [0, 0.1) is 0 Å². The summed E-state index contributed by atoms with van der Waals surface area (Å²) in [4.78, 5) is 2.54. The van der Waals surface area contributed by atoms with Crippen LogP contribution in [0.2, 0.25) is 5.02 Å². The zero-order valence-electron chi connectivity index (χ0n) is 12.2.